The molecule has 3 N–H and O–H groups in total. The van der Waals surface area contributed by atoms with Crippen LogP contribution in [0.15, 0.2) is 46.3 Å². The molecule has 0 bridgehead atoms. The third-order valence-corrected chi connectivity index (χ3v) is 4.38. The molecule has 0 aliphatic rings. The van der Waals surface area contributed by atoms with Crippen molar-refractivity contribution in [2.24, 2.45) is 5.73 Å². The molecule has 2 amide bonds. The second-order valence-electron chi connectivity index (χ2n) is 5.02. The molecule has 1 aromatic carbocycles. The number of hydrogen-bond donors (Lipinski definition) is 2. The molecule has 2 heterocycles. The standard InChI is InChI=1S/C16H16N4O3S/c1-22-11-6-4-10(5-7-11)15-19-14(23-20-15)9-12(18-16(17)21)13-3-2-8-24-13/h2-8,12H,9H2,1H3,(H3,17,18,21)/t12-/m0/s1. The van der Waals surface area contributed by atoms with Gasteiger partial charge in [-0.2, -0.15) is 4.98 Å². The molecule has 0 aliphatic carbocycles. The van der Waals surface area contributed by atoms with Gasteiger partial charge in [0.15, 0.2) is 0 Å². The molecule has 0 unspecified atom stereocenters. The number of benzene rings is 1. The Bertz CT molecular complexity index is 799. The van der Waals surface area contributed by atoms with Crippen molar-refractivity contribution in [3.05, 3.63) is 52.5 Å². The maximum atomic E-state index is 11.2. The van der Waals surface area contributed by atoms with Gasteiger partial charge in [0, 0.05) is 10.4 Å². The van der Waals surface area contributed by atoms with Crippen molar-refractivity contribution < 1.29 is 14.1 Å². The Hall–Kier alpha value is -2.87. The summed E-state index contributed by atoms with van der Waals surface area (Å²) in [6.45, 7) is 0. The predicted molar refractivity (Wildman–Crippen MR) is 89.8 cm³/mol. The largest absolute Gasteiger partial charge is 0.497 e. The van der Waals surface area contributed by atoms with Crippen LogP contribution in [0.3, 0.4) is 0 Å². The molecular weight excluding hydrogens is 328 g/mol. The lowest BCUT2D eigenvalue weighted by Gasteiger charge is -2.13. The van der Waals surface area contributed by atoms with Gasteiger partial charge in [-0.15, -0.1) is 11.3 Å². The van der Waals surface area contributed by atoms with E-state index in [0.29, 0.717) is 18.1 Å². The number of rotatable bonds is 6. The summed E-state index contributed by atoms with van der Waals surface area (Å²) in [7, 11) is 1.61. The van der Waals surface area contributed by atoms with E-state index < -0.39 is 6.03 Å². The second-order valence-corrected chi connectivity index (χ2v) is 6.00. The van der Waals surface area contributed by atoms with Crippen LogP contribution in [-0.2, 0) is 6.42 Å². The Morgan fingerprint density at radius 2 is 2.17 bits per heavy atom. The van der Waals surface area contributed by atoms with E-state index in [1.54, 1.807) is 7.11 Å². The Kier molecular flexibility index (Phi) is 4.76. The zero-order valence-electron chi connectivity index (χ0n) is 12.9. The number of primary amides is 1. The summed E-state index contributed by atoms with van der Waals surface area (Å²) in [5.74, 6) is 1.66. The number of ether oxygens (including phenoxy) is 1. The lowest BCUT2D eigenvalue weighted by Crippen LogP contribution is -2.33. The molecule has 0 aliphatic heterocycles. The lowest BCUT2D eigenvalue weighted by molar-refractivity contribution is 0.244. The first-order chi connectivity index (χ1) is 11.7. The van der Waals surface area contributed by atoms with Crippen LogP contribution in [0, 0.1) is 0 Å². The summed E-state index contributed by atoms with van der Waals surface area (Å²) >= 11 is 1.53. The van der Waals surface area contributed by atoms with E-state index in [-0.39, 0.29) is 6.04 Å². The van der Waals surface area contributed by atoms with E-state index in [4.69, 9.17) is 15.0 Å². The van der Waals surface area contributed by atoms with E-state index in [1.165, 1.54) is 11.3 Å². The smallest absolute Gasteiger partial charge is 0.312 e. The number of nitrogens with one attached hydrogen (secondary N) is 1. The molecule has 0 saturated carbocycles. The van der Waals surface area contributed by atoms with E-state index in [0.717, 1.165) is 16.2 Å². The molecule has 7 nitrogen and oxygen atoms in total. The minimum atomic E-state index is -0.594. The van der Waals surface area contributed by atoms with Crippen molar-refractivity contribution in [2.45, 2.75) is 12.5 Å². The van der Waals surface area contributed by atoms with Gasteiger partial charge in [-0.05, 0) is 35.7 Å². The Balaban J connectivity index is 1.77. The number of urea groups is 1. The van der Waals surface area contributed by atoms with Crippen LogP contribution in [-0.4, -0.2) is 23.3 Å². The fraction of sp³-hybridized carbons (Fsp3) is 0.188. The minimum absolute atomic E-state index is 0.299. The Labute approximate surface area is 142 Å². The van der Waals surface area contributed by atoms with Crippen molar-refractivity contribution in [3.63, 3.8) is 0 Å². The number of amides is 2. The fourth-order valence-corrected chi connectivity index (χ4v) is 3.03. The van der Waals surface area contributed by atoms with E-state index in [9.17, 15) is 4.79 Å². The van der Waals surface area contributed by atoms with Gasteiger partial charge in [0.25, 0.3) is 0 Å². The van der Waals surface area contributed by atoms with E-state index in [2.05, 4.69) is 15.5 Å². The molecule has 1 atom stereocenters. The van der Waals surface area contributed by atoms with E-state index >= 15 is 0 Å². The summed E-state index contributed by atoms with van der Waals surface area (Å²) in [6, 6.07) is 10.3. The Morgan fingerprint density at radius 1 is 1.38 bits per heavy atom. The lowest BCUT2D eigenvalue weighted by atomic mass is 10.1. The highest BCUT2D eigenvalue weighted by Gasteiger charge is 2.19. The molecule has 24 heavy (non-hydrogen) atoms. The molecule has 2 aromatic heterocycles. The topological polar surface area (TPSA) is 103 Å². The number of nitrogens with zero attached hydrogens (tertiary/aromatic N) is 2. The quantitative estimate of drug-likeness (QED) is 0.715. The molecule has 0 radical (unpaired) electrons. The number of carbonyl (C=O) groups is 1. The molecule has 0 spiro atoms. The second kappa shape index (κ2) is 7.14. The third kappa shape index (κ3) is 3.72. The van der Waals surface area contributed by atoms with Crippen molar-refractivity contribution in [2.75, 3.05) is 7.11 Å². The summed E-state index contributed by atoms with van der Waals surface area (Å²) < 4.78 is 10.4. The monoisotopic (exact) mass is 344 g/mol. The third-order valence-electron chi connectivity index (χ3n) is 3.40. The Morgan fingerprint density at radius 3 is 2.79 bits per heavy atom. The number of methoxy groups -OCH3 is 1. The van der Waals surface area contributed by atoms with Crippen molar-refractivity contribution in [1.29, 1.82) is 0 Å². The molecule has 3 aromatic rings. The number of carbonyl (C=O) groups excluding carboxylic acids is 1. The summed E-state index contributed by atoms with van der Waals surface area (Å²) in [5, 5.41) is 8.62. The number of hydrogen-bond acceptors (Lipinski definition) is 6. The van der Waals surface area contributed by atoms with Gasteiger partial charge in [-0.3, -0.25) is 0 Å². The van der Waals surface area contributed by atoms with Crippen LogP contribution in [0.25, 0.3) is 11.4 Å². The van der Waals surface area contributed by atoms with Crippen molar-refractivity contribution in [1.82, 2.24) is 15.5 Å². The minimum Gasteiger partial charge on any atom is -0.497 e. The molecule has 124 valence electrons. The highest BCUT2D eigenvalue weighted by molar-refractivity contribution is 7.10. The van der Waals surface area contributed by atoms with E-state index in [1.807, 2.05) is 41.8 Å². The van der Waals surface area contributed by atoms with Crippen LogP contribution in [0.1, 0.15) is 16.8 Å². The number of aromatic nitrogens is 2. The molecule has 0 saturated heterocycles. The van der Waals surface area contributed by atoms with Gasteiger partial charge in [0.1, 0.15) is 5.75 Å². The maximum absolute atomic E-state index is 11.2. The van der Waals surface area contributed by atoms with Crippen LogP contribution < -0.4 is 15.8 Å². The van der Waals surface area contributed by atoms with Gasteiger partial charge in [-0.25, -0.2) is 4.79 Å². The van der Waals surface area contributed by atoms with Crippen LogP contribution in [0.2, 0.25) is 0 Å². The maximum Gasteiger partial charge on any atom is 0.312 e. The van der Waals surface area contributed by atoms with Crippen molar-refractivity contribution in [3.8, 4) is 17.1 Å². The molecule has 3 rings (SSSR count). The zero-order chi connectivity index (χ0) is 16.9. The van der Waals surface area contributed by atoms with Gasteiger partial charge in [0.05, 0.1) is 19.6 Å². The molecule has 0 fully saturated rings. The first-order valence-electron chi connectivity index (χ1n) is 7.22. The first kappa shape index (κ1) is 16.0. The fourth-order valence-electron chi connectivity index (χ4n) is 2.25. The van der Waals surface area contributed by atoms with Crippen LogP contribution in [0.4, 0.5) is 4.79 Å². The average molecular weight is 344 g/mol. The van der Waals surface area contributed by atoms with Gasteiger partial charge in [0.2, 0.25) is 11.7 Å². The van der Waals surface area contributed by atoms with Crippen LogP contribution in [0.5, 0.6) is 5.75 Å². The first-order valence-corrected chi connectivity index (χ1v) is 8.10. The highest BCUT2D eigenvalue weighted by Crippen LogP contribution is 2.24. The predicted octanol–water partition coefficient (Wildman–Crippen LogP) is 2.76. The van der Waals surface area contributed by atoms with Gasteiger partial charge in [-0.1, -0.05) is 11.2 Å². The highest BCUT2D eigenvalue weighted by atomic mass is 32.1. The average Bonchev–Trinajstić information content (AvgIpc) is 3.26. The number of nitrogens with two attached hydrogens (primary N) is 1. The SMILES string of the molecule is COc1ccc(-c2noc(C[C@H](NC(N)=O)c3cccs3)n2)cc1. The molecule has 8 heteroatoms. The van der Waals surface area contributed by atoms with Gasteiger partial charge >= 0.3 is 6.03 Å². The summed E-state index contributed by atoms with van der Waals surface area (Å²) in [5.41, 5.74) is 6.07. The molecular formula is C16H16N4O3S. The van der Waals surface area contributed by atoms with Crippen LogP contribution >= 0.6 is 11.3 Å². The summed E-state index contributed by atoms with van der Waals surface area (Å²) in [6.07, 6.45) is 0.368. The normalized spacial score (nSPS) is 11.9. The van der Waals surface area contributed by atoms with Gasteiger partial charge < -0.3 is 20.3 Å². The number of thiophene rings is 1. The van der Waals surface area contributed by atoms with Crippen molar-refractivity contribution >= 4 is 17.4 Å². The summed E-state index contributed by atoms with van der Waals surface area (Å²) in [4.78, 5) is 16.6. The zero-order valence-corrected chi connectivity index (χ0v) is 13.7.